The Morgan fingerprint density at radius 2 is 1.88 bits per heavy atom. The second-order valence-electron chi connectivity index (χ2n) is 11.9. The molecule has 0 aliphatic carbocycles. The number of amides is 1. The number of piperazine rings is 1. The van der Waals surface area contributed by atoms with Crippen molar-refractivity contribution in [3.63, 3.8) is 0 Å². The summed E-state index contributed by atoms with van der Waals surface area (Å²) in [4.78, 5) is 29.5. The largest absolute Gasteiger partial charge is 0.491 e. The Bertz CT molecular complexity index is 1740. The number of hydrogen-bond acceptors (Lipinski definition) is 7. The minimum absolute atomic E-state index is 0.0603. The van der Waals surface area contributed by atoms with E-state index in [1.165, 1.54) is 0 Å². The molecule has 1 saturated heterocycles. The molecule has 5 heterocycles. The normalized spacial score (nSPS) is 16.3. The van der Waals surface area contributed by atoms with Crippen LogP contribution < -0.4 is 4.74 Å². The number of ether oxygens (including phenoxy) is 1. The number of rotatable bonds is 6. The van der Waals surface area contributed by atoms with Crippen LogP contribution in [0, 0.1) is 12.3 Å². The number of carbonyl (C=O) groups is 1. The van der Waals surface area contributed by atoms with Gasteiger partial charge >= 0.3 is 6.09 Å². The lowest BCUT2D eigenvalue weighted by atomic mass is 9.84. The Morgan fingerprint density at radius 3 is 2.64 bits per heavy atom. The number of fused-ring (bicyclic) bond motifs is 2. The summed E-state index contributed by atoms with van der Waals surface area (Å²) in [6, 6.07) is 14.0. The summed E-state index contributed by atoms with van der Waals surface area (Å²) in [5.41, 5.74) is 6.19. The average Bonchev–Trinajstić information content (AvgIpc) is 3.39. The lowest BCUT2D eigenvalue weighted by Crippen LogP contribution is -2.59. The molecule has 0 bridgehead atoms. The first-order valence-electron chi connectivity index (χ1n) is 14.2. The lowest BCUT2D eigenvalue weighted by Gasteiger charge is -2.45. The van der Waals surface area contributed by atoms with E-state index < -0.39 is 6.09 Å². The van der Waals surface area contributed by atoms with Crippen LogP contribution in [0.5, 0.6) is 5.75 Å². The topological polar surface area (TPSA) is 109 Å². The molecule has 1 fully saturated rings. The van der Waals surface area contributed by atoms with E-state index in [9.17, 15) is 9.90 Å². The van der Waals surface area contributed by atoms with E-state index in [1.807, 2.05) is 55.8 Å². The Labute approximate surface area is 244 Å². The van der Waals surface area contributed by atoms with E-state index in [4.69, 9.17) is 9.72 Å². The number of nitrogens with zero attached hydrogens (tertiary/aromatic N) is 7. The predicted octanol–water partition coefficient (Wildman–Crippen LogP) is 5.40. The van der Waals surface area contributed by atoms with Crippen molar-refractivity contribution in [3.05, 3.63) is 72.9 Å². The fourth-order valence-electron chi connectivity index (χ4n) is 5.63. The first kappa shape index (κ1) is 27.6. The molecule has 42 heavy (non-hydrogen) atoms. The molecule has 1 atom stereocenters. The maximum absolute atomic E-state index is 11.7. The second kappa shape index (κ2) is 11.0. The molecule has 0 radical (unpaired) electrons. The summed E-state index contributed by atoms with van der Waals surface area (Å²) in [6.07, 6.45) is 6.47. The van der Waals surface area contributed by atoms with Gasteiger partial charge in [-0.2, -0.15) is 5.10 Å². The van der Waals surface area contributed by atoms with Gasteiger partial charge in [0.2, 0.25) is 0 Å². The lowest BCUT2D eigenvalue weighted by molar-refractivity contribution is 0.0179. The zero-order chi connectivity index (χ0) is 29.4. The van der Waals surface area contributed by atoms with Crippen molar-refractivity contribution in [3.8, 4) is 28.1 Å². The third-order valence-corrected chi connectivity index (χ3v) is 7.94. The van der Waals surface area contributed by atoms with Gasteiger partial charge in [0.05, 0.1) is 29.6 Å². The SMILES string of the molecule is Cc1ccc2c(-c3cnn4cc(-c5ccc(OCCN6CCN(C(=O)O)C(C(C)(C)C)C6)cn5)cnc34)cccc2n1. The minimum atomic E-state index is -0.850. The van der Waals surface area contributed by atoms with Crippen LogP contribution in [-0.2, 0) is 0 Å². The molecule has 1 unspecified atom stereocenters. The molecule has 216 valence electrons. The van der Waals surface area contributed by atoms with Gasteiger partial charge in [-0.05, 0) is 42.2 Å². The summed E-state index contributed by atoms with van der Waals surface area (Å²) >= 11 is 0. The van der Waals surface area contributed by atoms with Crippen LogP contribution in [0.25, 0.3) is 38.9 Å². The molecule has 10 nitrogen and oxygen atoms in total. The van der Waals surface area contributed by atoms with E-state index in [2.05, 4.69) is 52.9 Å². The van der Waals surface area contributed by atoms with Crippen molar-refractivity contribution in [2.24, 2.45) is 5.41 Å². The molecule has 6 rings (SSSR count). The summed E-state index contributed by atoms with van der Waals surface area (Å²) in [7, 11) is 0. The summed E-state index contributed by atoms with van der Waals surface area (Å²) in [5, 5.41) is 15.2. The van der Waals surface area contributed by atoms with Gasteiger partial charge in [-0.15, -0.1) is 0 Å². The molecule has 1 amide bonds. The molecular weight excluding hydrogens is 530 g/mol. The van der Waals surface area contributed by atoms with Crippen molar-refractivity contribution in [1.29, 1.82) is 0 Å². The Morgan fingerprint density at radius 1 is 1.02 bits per heavy atom. The van der Waals surface area contributed by atoms with Gasteiger partial charge in [-0.1, -0.05) is 39.0 Å². The molecule has 1 aromatic carbocycles. The van der Waals surface area contributed by atoms with Crippen LogP contribution in [0.1, 0.15) is 26.5 Å². The highest BCUT2D eigenvalue weighted by Gasteiger charge is 2.37. The first-order valence-corrected chi connectivity index (χ1v) is 14.2. The van der Waals surface area contributed by atoms with E-state index in [0.717, 1.165) is 51.2 Å². The Hall–Kier alpha value is -4.57. The van der Waals surface area contributed by atoms with Crippen molar-refractivity contribution in [2.75, 3.05) is 32.8 Å². The highest BCUT2D eigenvalue weighted by Crippen LogP contribution is 2.31. The zero-order valence-corrected chi connectivity index (χ0v) is 24.4. The number of carboxylic acid groups (broad SMARTS) is 1. The Kier molecular flexibility index (Phi) is 7.24. The van der Waals surface area contributed by atoms with Gasteiger partial charge in [-0.25, -0.2) is 14.3 Å². The third kappa shape index (κ3) is 5.49. The van der Waals surface area contributed by atoms with Gasteiger partial charge < -0.3 is 14.7 Å². The quantitative estimate of drug-likeness (QED) is 0.291. The van der Waals surface area contributed by atoms with E-state index in [1.54, 1.807) is 15.6 Å². The fourth-order valence-corrected chi connectivity index (χ4v) is 5.63. The zero-order valence-electron chi connectivity index (χ0n) is 24.4. The maximum atomic E-state index is 11.7. The summed E-state index contributed by atoms with van der Waals surface area (Å²) in [5.74, 6) is 0.686. The van der Waals surface area contributed by atoms with Crippen LogP contribution in [0.2, 0.25) is 0 Å². The minimum Gasteiger partial charge on any atom is -0.491 e. The van der Waals surface area contributed by atoms with Gasteiger partial charge in [0.1, 0.15) is 12.4 Å². The van der Waals surface area contributed by atoms with Crippen molar-refractivity contribution >= 4 is 22.6 Å². The Balaban J connectivity index is 1.11. The molecule has 10 heteroatoms. The van der Waals surface area contributed by atoms with Gasteiger partial charge in [0.15, 0.2) is 5.65 Å². The van der Waals surface area contributed by atoms with Crippen LogP contribution >= 0.6 is 0 Å². The number of hydrogen-bond donors (Lipinski definition) is 1. The summed E-state index contributed by atoms with van der Waals surface area (Å²) in [6.45, 7) is 11.4. The van der Waals surface area contributed by atoms with Crippen molar-refractivity contribution < 1.29 is 14.6 Å². The van der Waals surface area contributed by atoms with E-state index in [-0.39, 0.29) is 11.5 Å². The molecule has 1 aliphatic rings. The smallest absolute Gasteiger partial charge is 0.407 e. The molecule has 5 aromatic rings. The molecule has 4 aromatic heterocycles. The molecule has 1 N–H and O–H groups in total. The number of benzene rings is 1. The second-order valence-corrected chi connectivity index (χ2v) is 11.9. The monoisotopic (exact) mass is 565 g/mol. The van der Waals surface area contributed by atoms with Crippen LogP contribution in [-0.4, -0.2) is 84.4 Å². The number of aryl methyl sites for hydroxylation is 1. The number of pyridine rings is 2. The van der Waals surface area contributed by atoms with Gasteiger partial charge in [-0.3, -0.25) is 14.9 Å². The highest BCUT2D eigenvalue weighted by molar-refractivity contribution is 5.98. The average molecular weight is 566 g/mol. The number of aromatic nitrogens is 5. The van der Waals surface area contributed by atoms with Crippen LogP contribution in [0.4, 0.5) is 4.79 Å². The molecule has 0 spiro atoms. The molecule has 1 aliphatic heterocycles. The maximum Gasteiger partial charge on any atom is 0.407 e. The van der Waals surface area contributed by atoms with Gasteiger partial charge in [0.25, 0.3) is 0 Å². The highest BCUT2D eigenvalue weighted by atomic mass is 16.5. The van der Waals surface area contributed by atoms with Gasteiger partial charge in [0, 0.05) is 60.8 Å². The van der Waals surface area contributed by atoms with E-state index in [0.29, 0.717) is 32.0 Å². The fraction of sp³-hybridized carbons (Fsp3) is 0.344. The first-order chi connectivity index (χ1) is 20.2. The van der Waals surface area contributed by atoms with Crippen LogP contribution in [0.15, 0.2) is 67.3 Å². The molecule has 0 saturated carbocycles. The molecular formula is C32H35N7O3. The van der Waals surface area contributed by atoms with Crippen LogP contribution in [0.3, 0.4) is 0 Å². The third-order valence-electron chi connectivity index (χ3n) is 7.94. The predicted molar refractivity (Wildman–Crippen MR) is 162 cm³/mol. The standard InChI is InChI=1S/C32H35N7O3/c1-21-8-10-25-24(6-5-7-28(25)36-21)26-18-35-39-19-22(16-34-30(26)39)27-11-9-23(17-33-27)42-15-14-37-12-13-38(31(40)41)29(20-37)32(2,3)4/h5-11,16-19,29H,12-15,20H2,1-4H3,(H,40,41). The van der Waals surface area contributed by atoms with Crippen molar-refractivity contribution in [1.82, 2.24) is 34.4 Å². The van der Waals surface area contributed by atoms with Crippen molar-refractivity contribution in [2.45, 2.75) is 33.7 Å². The summed E-state index contributed by atoms with van der Waals surface area (Å²) < 4.78 is 7.77. The van der Waals surface area contributed by atoms with E-state index >= 15 is 0 Å².